The Balaban J connectivity index is 2.28. The minimum atomic E-state index is -2.25. The van der Waals surface area contributed by atoms with E-state index in [1.807, 2.05) is 17.5 Å². The molecule has 0 fully saturated rings. The molecule has 0 bridgehead atoms. The van der Waals surface area contributed by atoms with Crippen LogP contribution in [0.5, 0.6) is 0 Å². The van der Waals surface area contributed by atoms with Crippen molar-refractivity contribution in [3.8, 4) is 0 Å². The van der Waals surface area contributed by atoms with Crippen LogP contribution in [-0.4, -0.2) is 5.76 Å². The van der Waals surface area contributed by atoms with Crippen molar-refractivity contribution in [3.05, 3.63) is 22.4 Å². The lowest BCUT2D eigenvalue weighted by atomic mass is 10.5. The van der Waals surface area contributed by atoms with Gasteiger partial charge in [0.2, 0.25) is 0 Å². The number of hydrogen-bond donors (Lipinski definition) is 0. The summed E-state index contributed by atoms with van der Waals surface area (Å²) in [5.41, 5.74) is 0. The first-order chi connectivity index (χ1) is 4.79. The first kappa shape index (κ1) is 8.01. The van der Waals surface area contributed by atoms with Gasteiger partial charge in [0.25, 0.3) is 5.76 Å². The molecule has 0 amide bonds. The molecule has 0 spiro atoms. The van der Waals surface area contributed by atoms with Crippen LogP contribution < -0.4 is 0 Å². The summed E-state index contributed by atoms with van der Waals surface area (Å²) in [7, 11) is 0. The van der Waals surface area contributed by atoms with E-state index in [9.17, 15) is 8.78 Å². The van der Waals surface area contributed by atoms with E-state index in [0.29, 0.717) is 17.5 Å². The van der Waals surface area contributed by atoms with Crippen LogP contribution >= 0.6 is 23.1 Å². The van der Waals surface area contributed by atoms with Gasteiger partial charge in [0.05, 0.1) is 0 Å². The maximum Gasteiger partial charge on any atom is 0.284 e. The van der Waals surface area contributed by atoms with E-state index in [0.717, 1.165) is 4.88 Å². The van der Waals surface area contributed by atoms with Crippen LogP contribution in [0.25, 0.3) is 0 Å². The molecule has 1 heterocycles. The molecule has 0 atom stereocenters. The molecule has 56 valence electrons. The van der Waals surface area contributed by atoms with Crippen molar-refractivity contribution >= 4 is 23.1 Å². The summed E-state index contributed by atoms with van der Waals surface area (Å²) in [6.45, 7) is 0. The van der Waals surface area contributed by atoms with Gasteiger partial charge in [-0.3, -0.25) is 0 Å². The molecule has 0 aliphatic rings. The molecule has 1 rings (SSSR count). The highest BCUT2D eigenvalue weighted by molar-refractivity contribution is 7.98. The fourth-order valence-electron chi connectivity index (χ4n) is 0.540. The second kappa shape index (κ2) is 3.93. The van der Waals surface area contributed by atoms with Crippen molar-refractivity contribution < 1.29 is 8.78 Å². The number of halogens is 2. The predicted octanol–water partition coefficient (Wildman–Crippen LogP) is 3.20. The molecule has 4 heteroatoms. The number of thioether (sulfide) groups is 1. The summed E-state index contributed by atoms with van der Waals surface area (Å²) in [4.78, 5) is 1.00. The molecule has 0 saturated heterocycles. The molecule has 1 aromatic rings. The smallest absolute Gasteiger partial charge is 0.198 e. The second-order valence-corrected chi connectivity index (χ2v) is 3.66. The molecule has 0 aliphatic heterocycles. The Labute approximate surface area is 66.3 Å². The lowest BCUT2D eigenvalue weighted by molar-refractivity contribution is 0.252. The molecule has 0 saturated carbocycles. The van der Waals surface area contributed by atoms with Crippen LogP contribution in [0.4, 0.5) is 8.78 Å². The lowest BCUT2D eigenvalue weighted by Crippen LogP contribution is -1.81. The number of thiophene rings is 1. The van der Waals surface area contributed by atoms with Crippen molar-refractivity contribution in [2.75, 3.05) is 0 Å². The second-order valence-electron chi connectivity index (χ2n) is 1.65. The van der Waals surface area contributed by atoms with Crippen LogP contribution in [0.15, 0.2) is 17.5 Å². The van der Waals surface area contributed by atoms with E-state index in [2.05, 4.69) is 0 Å². The average molecular weight is 180 g/mol. The van der Waals surface area contributed by atoms with E-state index in [-0.39, 0.29) is 0 Å². The Bertz CT molecular complexity index is 172. The van der Waals surface area contributed by atoms with Gasteiger partial charge >= 0.3 is 0 Å². The highest BCUT2D eigenvalue weighted by atomic mass is 32.2. The van der Waals surface area contributed by atoms with Crippen molar-refractivity contribution in [1.82, 2.24) is 0 Å². The molecule has 0 aliphatic carbocycles. The van der Waals surface area contributed by atoms with Crippen molar-refractivity contribution in [3.63, 3.8) is 0 Å². The highest BCUT2D eigenvalue weighted by Gasteiger charge is 2.02. The zero-order chi connectivity index (χ0) is 7.40. The summed E-state index contributed by atoms with van der Waals surface area (Å²) < 4.78 is 23.2. The topological polar surface area (TPSA) is 0 Å². The van der Waals surface area contributed by atoms with E-state index in [1.165, 1.54) is 11.3 Å². The fraction of sp³-hybridized carbons (Fsp3) is 0.333. The molecule has 0 radical (unpaired) electrons. The first-order valence-electron chi connectivity index (χ1n) is 2.71. The first-order valence-corrected chi connectivity index (χ1v) is 4.64. The monoisotopic (exact) mass is 180 g/mol. The SMILES string of the molecule is FC(F)SCc1cccs1. The van der Waals surface area contributed by atoms with E-state index in [4.69, 9.17) is 0 Å². The Morgan fingerprint density at radius 1 is 1.60 bits per heavy atom. The van der Waals surface area contributed by atoms with E-state index in [1.54, 1.807) is 0 Å². The standard InChI is InChI=1S/C6H6F2S2/c7-6(8)10-4-5-2-1-3-9-5/h1-3,6H,4H2. The molecule has 0 aromatic carbocycles. The van der Waals surface area contributed by atoms with E-state index >= 15 is 0 Å². The Morgan fingerprint density at radius 3 is 2.90 bits per heavy atom. The van der Waals surface area contributed by atoms with Gasteiger partial charge in [0.1, 0.15) is 0 Å². The maximum absolute atomic E-state index is 11.6. The Morgan fingerprint density at radius 2 is 2.40 bits per heavy atom. The van der Waals surface area contributed by atoms with Crippen LogP contribution in [-0.2, 0) is 5.75 Å². The summed E-state index contributed by atoms with van der Waals surface area (Å²) in [6, 6.07) is 3.73. The quantitative estimate of drug-likeness (QED) is 0.688. The third-order valence-corrected chi connectivity index (χ3v) is 2.72. The number of alkyl halides is 2. The number of rotatable bonds is 3. The zero-order valence-electron chi connectivity index (χ0n) is 5.09. The van der Waals surface area contributed by atoms with Crippen LogP contribution in [0, 0.1) is 0 Å². The number of hydrogen-bond acceptors (Lipinski definition) is 2. The molecule has 0 nitrogen and oxygen atoms in total. The van der Waals surface area contributed by atoms with Gasteiger partial charge in [0, 0.05) is 10.6 Å². The van der Waals surface area contributed by atoms with Gasteiger partial charge in [0.15, 0.2) is 0 Å². The molecule has 1 aromatic heterocycles. The van der Waals surface area contributed by atoms with Crippen molar-refractivity contribution in [2.45, 2.75) is 11.5 Å². The summed E-state index contributed by atoms with van der Waals surface area (Å²) in [5, 5.41) is 1.89. The maximum atomic E-state index is 11.6. The molecule has 10 heavy (non-hydrogen) atoms. The normalized spacial score (nSPS) is 10.7. The summed E-state index contributed by atoms with van der Waals surface area (Å²) >= 11 is 2.18. The Hall–Kier alpha value is -0.0900. The van der Waals surface area contributed by atoms with Gasteiger partial charge in [-0.2, -0.15) is 8.78 Å². The van der Waals surface area contributed by atoms with Gasteiger partial charge < -0.3 is 0 Å². The molecule has 0 N–H and O–H groups in total. The van der Waals surface area contributed by atoms with Crippen molar-refractivity contribution in [2.24, 2.45) is 0 Å². The molecular weight excluding hydrogens is 174 g/mol. The van der Waals surface area contributed by atoms with Gasteiger partial charge in [-0.15, -0.1) is 11.3 Å². The minimum Gasteiger partial charge on any atom is -0.198 e. The average Bonchev–Trinajstić information content (AvgIpc) is 2.34. The van der Waals surface area contributed by atoms with Crippen LogP contribution in [0.1, 0.15) is 4.88 Å². The van der Waals surface area contributed by atoms with Crippen LogP contribution in [0.3, 0.4) is 0 Å². The highest BCUT2D eigenvalue weighted by Crippen LogP contribution is 2.22. The molecular formula is C6H6F2S2. The van der Waals surface area contributed by atoms with Crippen LogP contribution in [0.2, 0.25) is 0 Å². The van der Waals surface area contributed by atoms with Gasteiger partial charge in [-0.1, -0.05) is 17.8 Å². The molecule has 0 unspecified atom stereocenters. The third kappa shape index (κ3) is 2.66. The van der Waals surface area contributed by atoms with E-state index < -0.39 is 5.76 Å². The van der Waals surface area contributed by atoms with Crippen molar-refractivity contribution in [1.29, 1.82) is 0 Å². The summed E-state index contributed by atoms with van der Waals surface area (Å²) in [6.07, 6.45) is 0. The van der Waals surface area contributed by atoms with Gasteiger partial charge in [-0.05, 0) is 11.4 Å². The predicted molar refractivity (Wildman–Crippen MR) is 41.6 cm³/mol. The van der Waals surface area contributed by atoms with Gasteiger partial charge in [-0.25, -0.2) is 0 Å². The minimum absolute atomic E-state index is 0.426. The third-order valence-electron chi connectivity index (χ3n) is 0.932. The Kier molecular flexibility index (Phi) is 3.15. The zero-order valence-corrected chi connectivity index (χ0v) is 6.72. The largest absolute Gasteiger partial charge is 0.284 e. The fourth-order valence-corrected chi connectivity index (χ4v) is 1.89. The lowest BCUT2D eigenvalue weighted by Gasteiger charge is -1.94. The summed E-state index contributed by atoms with van der Waals surface area (Å²) in [5.74, 6) is -1.82.